The summed E-state index contributed by atoms with van der Waals surface area (Å²) in [5.74, 6) is -2.30. The molecule has 0 aromatic heterocycles. The second kappa shape index (κ2) is 9.23. The van der Waals surface area contributed by atoms with Crippen LogP contribution in [-0.2, 0) is 23.9 Å². The summed E-state index contributed by atoms with van der Waals surface area (Å²) in [6.07, 6.45) is 8.52. The maximum Gasteiger partial charge on any atom is 0.344 e. The van der Waals surface area contributed by atoms with Crippen molar-refractivity contribution in [1.29, 1.82) is 0 Å². The Labute approximate surface area is 169 Å². The van der Waals surface area contributed by atoms with Gasteiger partial charge >= 0.3 is 12.0 Å². The van der Waals surface area contributed by atoms with Crippen LogP contribution in [-0.4, -0.2) is 53.4 Å². The Balaban J connectivity index is 1.39. The van der Waals surface area contributed by atoms with Crippen molar-refractivity contribution in [1.82, 2.24) is 21.1 Å². The minimum absolute atomic E-state index is 0.0772. The molecule has 0 aromatic rings. The SMILES string of the molecule is O=C(COC(=O)CNC(=O)C1CCCCC1)NN1C(=O)NC2(CCCCC2)C1=O. The summed E-state index contributed by atoms with van der Waals surface area (Å²) < 4.78 is 4.82. The summed E-state index contributed by atoms with van der Waals surface area (Å²) in [4.78, 5) is 60.4. The molecule has 3 rings (SSSR count). The molecule has 0 radical (unpaired) electrons. The zero-order chi connectivity index (χ0) is 20.9. The second-order valence-corrected chi connectivity index (χ2v) is 7.96. The summed E-state index contributed by atoms with van der Waals surface area (Å²) in [5, 5.41) is 5.86. The lowest BCUT2D eigenvalue weighted by Gasteiger charge is -2.30. The van der Waals surface area contributed by atoms with Crippen molar-refractivity contribution in [2.24, 2.45) is 5.92 Å². The number of nitrogens with zero attached hydrogens (tertiary/aromatic N) is 1. The molecule has 3 aliphatic rings. The van der Waals surface area contributed by atoms with Crippen molar-refractivity contribution < 1.29 is 28.7 Å². The van der Waals surface area contributed by atoms with Crippen LogP contribution in [0, 0.1) is 5.92 Å². The number of hydrogen-bond acceptors (Lipinski definition) is 6. The predicted molar refractivity (Wildman–Crippen MR) is 99.9 cm³/mol. The van der Waals surface area contributed by atoms with E-state index in [1.54, 1.807) is 0 Å². The summed E-state index contributed by atoms with van der Waals surface area (Å²) in [5.41, 5.74) is 1.25. The van der Waals surface area contributed by atoms with Gasteiger partial charge in [-0.3, -0.25) is 24.6 Å². The summed E-state index contributed by atoms with van der Waals surface area (Å²) in [6, 6.07) is -0.684. The average molecular weight is 408 g/mol. The smallest absolute Gasteiger partial charge is 0.344 e. The Kier molecular flexibility index (Phi) is 6.71. The number of amides is 5. The Morgan fingerprint density at radius 1 is 1.03 bits per heavy atom. The molecule has 3 N–H and O–H groups in total. The highest BCUT2D eigenvalue weighted by Gasteiger charge is 2.52. The maximum atomic E-state index is 12.6. The first-order valence-electron chi connectivity index (χ1n) is 10.3. The molecular weight excluding hydrogens is 380 g/mol. The number of rotatable bonds is 6. The van der Waals surface area contributed by atoms with Crippen molar-refractivity contribution in [2.45, 2.75) is 69.7 Å². The molecule has 3 fully saturated rings. The number of carbonyl (C=O) groups is 5. The minimum Gasteiger partial charge on any atom is -0.454 e. The lowest BCUT2D eigenvalue weighted by Crippen LogP contribution is -2.51. The van der Waals surface area contributed by atoms with Gasteiger partial charge in [0, 0.05) is 5.92 Å². The van der Waals surface area contributed by atoms with Gasteiger partial charge in [0.2, 0.25) is 5.91 Å². The van der Waals surface area contributed by atoms with Crippen LogP contribution in [0.4, 0.5) is 4.79 Å². The molecule has 10 heteroatoms. The predicted octanol–water partition coefficient (Wildman–Crippen LogP) is 0.512. The summed E-state index contributed by atoms with van der Waals surface area (Å²) >= 11 is 0. The molecule has 160 valence electrons. The van der Waals surface area contributed by atoms with E-state index in [-0.39, 0.29) is 18.4 Å². The third kappa shape index (κ3) is 5.04. The van der Waals surface area contributed by atoms with Gasteiger partial charge in [-0.1, -0.05) is 38.5 Å². The van der Waals surface area contributed by atoms with Gasteiger partial charge in [-0.2, -0.15) is 5.01 Å². The van der Waals surface area contributed by atoms with E-state index >= 15 is 0 Å². The van der Waals surface area contributed by atoms with Crippen molar-refractivity contribution >= 4 is 29.7 Å². The molecular formula is C19H28N4O6. The monoisotopic (exact) mass is 408 g/mol. The van der Waals surface area contributed by atoms with E-state index in [0.717, 1.165) is 51.4 Å². The quantitative estimate of drug-likeness (QED) is 0.433. The molecule has 2 saturated carbocycles. The van der Waals surface area contributed by atoms with E-state index in [4.69, 9.17) is 4.74 Å². The number of imide groups is 1. The van der Waals surface area contributed by atoms with E-state index < -0.39 is 36.0 Å². The molecule has 1 aliphatic heterocycles. The van der Waals surface area contributed by atoms with E-state index in [9.17, 15) is 24.0 Å². The number of esters is 1. The zero-order valence-electron chi connectivity index (χ0n) is 16.5. The topological polar surface area (TPSA) is 134 Å². The Morgan fingerprint density at radius 2 is 1.69 bits per heavy atom. The molecule has 5 amide bonds. The van der Waals surface area contributed by atoms with Gasteiger partial charge in [-0.25, -0.2) is 4.79 Å². The number of hydrogen-bond donors (Lipinski definition) is 3. The van der Waals surface area contributed by atoms with Crippen LogP contribution >= 0.6 is 0 Å². The molecule has 1 saturated heterocycles. The lowest BCUT2D eigenvalue weighted by atomic mass is 9.82. The van der Waals surface area contributed by atoms with Crippen molar-refractivity contribution in [3.05, 3.63) is 0 Å². The van der Waals surface area contributed by atoms with Crippen molar-refractivity contribution in [3.63, 3.8) is 0 Å². The largest absolute Gasteiger partial charge is 0.454 e. The Morgan fingerprint density at radius 3 is 2.38 bits per heavy atom. The van der Waals surface area contributed by atoms with Crippen LogP contribution in [0.3, 0.4) is 0 Å². The standard InChI is InChI=1S/C19H28N4O6/c24-14(12-29-15(25)11-20-16(26)13-7-3-1-4-8-13)22-23-17(27)19(21-18(23)28)9-5-2-6-10-19/h13H,1-12H2,(H,20,26)(H,21,28)(H,22,24). The number of nitrogens with one attached hydrogen (secondary N) is 3. The molecule has 0 aromatic carbocycles. The first-order valence-corrected chi connectivity index (χ1v) is 10.3. The fraction of sp³-hybridized carbons (Fsp3) is 0.737. The normalized spacial score (nSPS) is 21.6. The summed E-state index contributed by atoms with van der Waals surface area (Å²) in [6.45, 7) is -0.975. The fourth-order valence-electron chi connectivity index (χ4n) is 4.24. The highest BCUT2D eigenvalue weighted by Crippen LogP contribution is 2.32. The molecule has 10 nitrogen and oxygen atoms in total. The van der Waals surface area contributed by atoms with E-state index in [0.29, 0.717) is 17.9 Å². The number of ether oxygens (including phenoxy) is 1. The highest BCUT2D eigenvalue weighted by atomic mass is 16.5. The zero-order valence-corrected chi connectivity index (χ0v) is 16.5. The van der Waals surface area contributed by atoms with Crippen LogP contribution in [0.5, 0.6) is 0 Å². The highest BCUT2D eigenvalue weighted by molar-refractivity contribution is 6.08. The first-order chi connectivity index (χ1) is 13.9. The first kappa shape index (κ1) is 21.1. The number of urea groups is 1. The van der Waals surface area contributed by atoms with E-state index in [2.05, 4.69) is 16.1 Å². The molecule has 0 unspecified atom stereocenters. The van der Waals surface area contributed by atoms with Gasteiger partial charge in [-0.15, -0.1) is 0 Å². The van der Waals surface area contributed by atoms with Gasteiger partial charge in [0.05, 0.1) is 0 Å². The van der Waals surface area contributed by atoms with Gasteiger partial charge < -0.3 is 15.4 Å². The van der Waals surface area contributed by atoms with Gasteiger partial charge in [0.1, 0.15) is 12.1 Å². The van der Waals surface area contributed by atoms with Crippen molar-refractivity contribution in [3.8, 4) is 0 Å². The maximum absolute atomic E-state index is 12.6. The van der Waals surface area contributed by atoms with Crippen LogP contribution in [0.2, 0.25) is 0 Å². The van der Waals surface area contributed by atoms with E-state index in [1.807, 2.05) is 0 Å². The Bertz CT molecular complexity index is 682. The van der Waals surface area contributed by atoms with Crippen LogP contribution in [0.25, 0.3) is 0 Å². The van der Waals surface area contributed by atoms with E-state index in [1.165, 1.54) is 0 Å². The summed E-state index contributed by atoms with van der Waals surface area (Å²) in [7, 11) is 0. The number of carbonyl (C=O) groups excluding carboxylic acids is 5. The van der Waals surface area contributed by atoms with Gasteiger partial charge in [0.25, 0.3) is 11.8 Å². The van der Waals surface area contributed by atoms with Gasteiger partial charge in [0.15, 0.2) is 6.61 Å². The second-order valence-electron chi connectivity index (χ2n) is 7.96. The van der Waals surface area contributed by atoms with Crippen LogP contribution in [0.15, 0.2) is 0 Å². The molecule has 1 spiro atoms. The Hall–Kier alpha value is -2.65. The fourth-order valence-corrected chi connectivity index (χ4v) is 4.24. The van der Waals surface area contributed by atoms with Gasteiger partial charge in [-0.05, 0) is 25.7 Å². The molecule has 29 heavy (non-hydrogen) atoms. The molecule has 1 heterocycles. The lowest BCUT2D eigenvalue weighted by molar-refractivity contribution is -0.150. The number of hydrazine groups is 1. The molecule has 0 atom stereocenters. The third-order valence-corrected chi connectivity index (χ3v) is 5.85. The van der Waals surface area contributed by atoms with Crippen LogP contribution < -0.4 is 16.1 Å². The van der Waals surface area contributed by atoms with Crippen molar-refractivity contribution in [2.75, 3.05) is 13.2 Å². The minimum atomic E-state index is -0.942. The van der Waals surface area contributed by atoms with Crippen LogP contribution in [0.1, 0.15) is 64.2 Å². The molecule has 2 aliphatic carbocycles. The third-order valence-electron chi connectivity index (χ3n) is 5.85. The molecule has 0 bridgehead atoms. The average Bonchev–Trinajstić information content (AvgIpc) is 2.95.